The Balaban J connectivity index is 2.12. The van der Waals surface area contributed by atoms with Crippen LogP contribution in [-0.2, 0) is 0 Å². The Morgan fingerprint density at radius 3 is 2.57 bits per heavy atom. The van der Waals surface area contributed by atoms with Gasteiger partial charge in [-0.2, -0.15) is 0 Å². The summed E-state index contributed by atoms with van der Waals surface area (Å²) in [6, 6.07) is 15.6. The smallest absolute Gasteiger partial charge is 0.0452 e. The highest BCUT2D eigenvalue weighted by molar-refractivity contribution is 5.86. The molecule has 0 aliphatic heterocycles. The molecule has 0 bridgehead atoms. The molecule has 1 N–H and O–H groups in total. The first-order valence-electron chi connectivity index (χ1n) is 8.09. The monoisotopic (exact) mass is 284 g/mol. The molecule has 0 radical (unpaired) electrons. The van der Waals surface area contributed by atoms with Crippen LogP contribution in [0.2, 0.25) is 0 Å². The maximum absolute atomic E-state index is 3.49. The summed E-state index contributed by atoms with van der Waals surface area (Å²) in [5.74, 6) is 0. The molecule has 0 spiro atoms. The molecule has 1 unspecified atom stereocenters. The largest absolute Gasteiger partial charge is 0.312 e. The Labute approximate surface area is 129 Å². The highest BCUT2D eigenvalue weighted by atomic mass is 15.1. The molecule has 1 atom stereocenters. The van der Waals surface area contributed by atoms with Crippen LogP contribution in [0, 0.1) is 0 Å². The van der Waals surface area contributed by atoms with E-state index in [1.807, 2.05) is 0 Å². The lowest BCUT2D eigenvalue weighted by Crippen LogP contribution is -2.32. The first kappa shape index (κ1) is 16.0. The van der Waals surface area contributed by atoms with Crippen LogP contribution < -0.4 is 5.32 Å². The second kappa shape index (κ2) is 8.16. The molecular weight excluding hydrogens is 256 g/mol. The van der Waals surface area contributed by atoms with Crippen molar-refractivity contribution in [1.29, 1.82) is 0 Å². The molecule has 2 rings (SSSR count). The van der Waals surface area contributed by atoms with Crippen molar-refractivity contribution >= 4 is 10.8 Å². The van der Waals surface area contributed by atoms with Crippen molar-refractivity contribution in [2.75, 3.05) is 27.2 Å². The van der Waals surface area contributed by atoms with Crippen molar-refractivity contribution in [3.63, 3.8) is 0 Å². The van der Waals surface area contributed by atoms with E-state index in [0.29, 0.717) is 6.04 Å². The summed E-state index contributed by atoms with van der Waals surface area (Å²) >= 11 is 0. The lowest BCUT2D eigenvalue weighted by molar-refractivity contribution is 0.291. The standard InChI is InChI=1S/C19H28N2/c1-4-5-8-14-21(3)15-19(20-2)18-13-9-11-16-10-6-7-12-17(16)18/h6-7,9-13,19-20H,4-5,8,14-15H2,1-3H3. The number of hydrogen-bond acceptors (Lipinski definition) is 2. The molecular formula is C19H28N2. The molecule has 114 valence electrons. The number of benzene rings is 2. The van der Waals surface area contributed by atoms with Crippen molar-refractivity contribution in [1.82, 2.24) is 10.2 Å². The minimum Gasteiger partial charge on any atom is -0.312 e. The van der Waals surface area contributed by atoms with Gasteiger partial charge in [0.15, 0.2) is 0 Å². The Morgan fingerprint density at radius 2 is 1.81 bits per heavy atom. The van der Waals surface area contributed by atoms with Gasteiger partial charge in [-0.15, -0.1) is 0 Å². The summed E-state index contributed by atoms with van der Waals surface area (Å²) in [6.45, 7) is 4.48. The van der Waals surface area contributed by atoms with E-state index in [1.54, 1.807) is 0 Å². The van der Waals surface area contributed by atoms with Crippen LogP contribution in [0.3, 0.4) is 0 Å². The van der Waals surface area contributed by atoms with Gasteiger partial charge < -0.3 is 10.2 Å². The topological polar surface area (TPSA) is 15.3 Å². The second-order valence-electron chi connectivity index (χ2n) is 5.88. The van der Waals surface area contributed by atoms with Crippen LogP contribution in [-0.4, -0.2) is 32.1 Å². The molecule has 0 saturated carbocycles. The Bertz CT molecular complexity index is 545. The van der Waals surface area contributed by atoms with Crippen LogP contribution in [0.15, 0.2) is 42.5 Å². The number of nitrogens with one attached hydrogen (secondary N) is 1. The van der Waals surface area contributed by atoms with E-state index in [-0.39, 0.29) is 0 Å². The minimum absolute atomic E-state index is 0.378. The van der Waals surface area contributed by atoms with Crippen molar-refractivity contribution in [3.8, 4) is 0 Å². The van der Waals surface area contributed by atoms with Crippen molar-refractivity contribution in [3.05, 3.63) is 48.0 Å². The molecule has 0 aliphatic rings. The number of rotatable bonds is 8. The van der Waals surface area contributed by atoms with E-state index < -0.39 is 0 Å². The molecule has 0 saturated heterocycles. The fraction of sp³-hybridized carbons (Fsp3) is 0.474. The minimum atomic E-state index is 0.378. The van der Waals surface area contributed by atoms with E-state index in [2.05, 4.69) is 73.7 Å². The molecule has 2 nitrogen and oxygen atoms in total. The fourth-order valence-corrected chi connectivity index (χ4v) is 2.93. The van der Waals surface area contributed by atoms with E-state index in [4.69, 9.17) is 0 Å². The molecule has 0 amide bonds. The molecule has 0 heterocycles. The molecule has 2 heteroatoms. The molecule has 2 aromatic carbocycles. The van der Waals surface area contributed by atoms with Crippen LogP contribution in [0.25, 0.3) is 10.8 Å². The predicted molar refractivity (Wildman–Crippen MR) is 92.8 cm³/mol. The Kier molecular flexibility index (Phi) is 6.21. The third-order valence-corrected chi connectivity index (χ3v) is 4.18. The zero-order chi connectivity index (χ0) is 15.1. The molecule has 0 aromatic heterocycles. The lowest BCUT2D eigenvalue weighted by atomic mass is 9.98. The van der Waals surface area contributed by atoms with Gasteiger partial charge in [-0.3, -0.25) is 0 Å². The normalized spacial score (nSPS) is 13.0. The van der Waals surface area contributed by atoms with Gasteiger partial charge in [0.25, 0.3) is 0 Å². The van der Waals surface area contributed by atoms with Crippen molar-refractivity contribution in [2.24, 2.45) is 0 Å². The quantitative estimate of drug-likeness (QED) is 0.730. The zero-order valence-corrected chi connectivity index (χ0v) is 13.6. The van der Waals surface area contributed by atoms with Gasteiger partial charge in [0.2, 0.25) is 0 Å². The average Bonchev–Trinajstić information content (AvgIpc) is 2.52. The second-order valence-corrected chi connectivity index (χ2v) is 5.88. The lowest BCUT2D eigenvalue weighted by Gasteiger charge is -2.25. The van der Waals surface area contributed by atoms with Gasteiger partial charge in [-0.1, -0.05) is 62.2 Å². The summed E-state index contributed by atoms with van der Waals surface area (Å²) in [6.07, 6.45) is 3.90. The highest BCUT2D eigenvalue weighted by Crippen LogP contribution is 2.24. The van der Waals surface area contributed by atoms with E-state index in [9.17, 15) is 0 Å². The molecule has 21 heavy (non-hydrogen) atoms. The molecule has 0 fully saturated rings. The fourth-order valence-electron chi connectivity index (χ4n) is 2.93. The first-order chi connectivity index (χ1) is 10.3. The van der Waals surface area contributed by atoms with Gasteiger partial charge in [-0.05, 0) is 43.4 Å². The summed E-state index contributed by atoms with van der Waals surface area (Å²) in [5.41, 5.74) is 1.40. The number of hydrogen-bond donors (Lipinski definition) is 1. The third-order valence-electron chi connectivity index (χ3n) is 4.18. The van der Waals surface area contributed by atoms with Crippen LogP contribution in [0.4, 0.5) is 0 Å². The summed E-state index contributed by atoms with van der Waals surface area (Å²) in [4.78, 5) is 2.44. The number of likely N-dealkylation sites (N-methyl/N-ethyl adjacent to an activating group) is 2. The first-order valence-corrected chi connectivity index (χ1v) is 8.09. The van der Waals surface area contributed by atoms with E-state index >= 15 is 0 Å². The van der Waals surface area contributed by atoms with E-state index in [1.165, 1.54) is 42.1 Å². The van der Waals surface area contributed by atoms with Crippen LogP contribution in [0.1, 0.15) is 37.8 Å². The maximum Gasteiger partial charge on any atom is 0.0452 e. The Hall–Kier alpha value is -1.38. The van der Waals surface area contributed by atoms with Gasteiger partial charge >= 0.3 is 0 Å². The number of fused-ring (bicyclic) bond motifs is 1. The van der Waals surface area contributed by atoms with Gasteiger partial charge in [-0.25, -0.2) is 0 Å². The maximum atomic E-state index is 3.49. The van der Waals surface area contributed by atoms with Crippen LogP contribution in [0.5, 0.6) is 0 Å². The SMILES string of the molecule is CCCCCN(C)CC(NC)c1cccc2ccccc12. The zero-order valence-electron chi connectivity index (χ0n) is 13.6. The van der Waals surface area contributed by atoms with Crippen molar-refractivity contribution in [2.45, 2.75) is 32.2 Å². The van der Waals surface area contributed by atoms with Gasteiger partial charge in [0.05, 0.1) is 0 Å². The summed E-state index contributed by atoms with van der Waals surface area (Å²) < 4.78 is 0. The third kappa shape index (κ3) is 4.29. The molecule has 0 aliphatic carbocycles. The van der Waals surface area contributed by atoms with E-state index in [0.717, 1.165) is 6.54 Å². The van der Waals surface area contributed by atoms with Crippen LogP contribution >= 0.6 is 0 Å². The van der Waals surface area contributed by atoms with Gasteiger partial charge in [0.1, 0.15) is 0 Å². The van der Waals surface area contributed by atoms with Gasteiger partial charge in [0, 0.05) is 12.6 Å². The number of unbranched alkanes of at least 4 members (excludes halogenated alkanes) is 2. The predicted octanol–water partition coefficient (Wildman–Crippen LogP) is 4.22. The molecule has 2 aromatic rings. The highest BCUT2D eigenvalue weighted by Gasteiger charge is 2.14. The number of nitrogens with zero attached hydrogens (tertiary/aromatic N) is 1. The Morgan fingerprint density at radius 1 is 1.05 bits per heavy atom. The van der Waals surface area contributed by atoms with Crippen molar-refractivity contribution < 1.29 is 0 Å². The average molecular weight is 284 g/mol. The summed E-state index contributed by atoms with van der Waals surface area (Å²) in [7, 11) is 4.29. The summed E-state index contributed by atoms with van der Waals surface area (Å²) in [5, 5.41) is 6.18.